The van der Waals surface area contributed by atoms with Gasteiger partial charge in [-0.3, -0.25) is 9.48 Å². The highest BCUT2D eigenvalue weighted by molar-refractivity contribution is 9.10. The van der Waals surface area contributed by atoms with Crippen molar-refractivity contribution in [1.29, 1.82) is 0 Å². The quantitative estimate of drug-likeness (QED) is 0.776. The van der Waals surface area contributed by atoms with Crippen LogP contribution in [0.2, 0.25) is 0 Å². The molecule has 114 valence electrons. The minimum Gasteiger partial charge on any atom is -0.305 e. The molecular formula is C15H14BrFN4O. The number of aromatic amines is 1. The molecule has 5 nitrogen and oxygen atoms in total. The summed E-state index contributed by atoms with van der Waals surface area (Å²) in [5.74, 6) is 0.0452. The van der Waals surface area contributed by atoms with E-state index in [4.69, 9.17) is 0 Å². The highest BCUT2D eigenvalue weighted by Crippen LogP contribution is 2.24. The van der Waals surface area contributed by atoms with E-state index in [1.807, 2.05) is 6.92 Å². The lowest BCUT2D eigenvalue weighted by atomic mass is 10.2. The Morgan fingerprint density at radius 1 is 1.41 bits per heavy atom. The van der Waals surface area contributed by atoms with Crippen molar-refractivity contribution in [1.82, 2.24) is 19.7 Å². The molecular weight excluding hydrogens is 351 g/mol. The van der Waals surface area contributed by atoms with Gasteiger partial charge in [0.1, 0.15) is 17.2 Å². The molecule has 3 aromatic rings. The van der Waals surface area contributed by atoms with Crippen molar-refractivity contribution in [3.63, 3.8) is 0 Å². The Labute approximate surface area is 134 Å². The van der Waals surface area contributed by atoms with E-state index in [0.29, 0.717) is 26.9 Å². The zero-order valence-corrected chi connectivity index (χ0v) is 13.7. The van der Waals surface area contributed by atoms with Crippen LogP contribution < -0.4 is 5.56 Å². The van der Waals surface area contributed by atoms with Gasteiger partial charge in [-0.05, 0) is 40.5 Å². The summed E-state index contributed by atoms with van der Waals surface area (Å²) < 4.78 is 15.2. The topological polar surface area (TPSA) is 63.6 Å². The predicted molar refractivity (Wildman–Crippen MR) is 86.2 cm³/mol. The number of hydrogen-bond acceptors (Lipinski definition) is 3. The lowest BCUT2D eigenvalue weighted by Gasteiger charge is -2.03. The summed E-state index contributed by atoms with van der Waals surface area (Å²) in [6, 6.07) is 4.51. The molecule has 0 saturated heterocycles. The summed E-state index contributed by atoms with van der Waals surface area (Å²) in [7, 11) is 1.73. The smallest absolute Gasteiger partial charge is 0.277 e. The second-order valence-corrected chi connectivity index (χ2v) is 5.92. The highest BCUT2D eigenvalue weighted by Gasteiger charge is 2.15. The Morgan fingerprint density at radius 2 is 2.18 bits per heavy atom. The molecule has 2 aromatic heterocycles. The summed E-state index contributed by atoms with van der Waals surface area (Å²) in [4.78, 5) is 19.6. The number of aromatic nitrogens is 4. The molecule has 0 amide bonds. The van der Waals surface area contributed by atoms with Crippen molar-refractivity contribution in [3.05, 3.63) is 44.5 Å². The van der Waals surface area contributed by atoms with Crippen LogP contribution in [-0.2, 0) is 13.5 Å². The summed E-state index contributed by atoms with van der Waals surface area (Å²) >= 11 is 3.14. The molecule has 1 N–H and O–H groups in total. The van der Waals surface area contributed by atoms with Crippen LogP contribution >= 0.6 is 15.9 Å². The van der Waals surface area contributed by atoms with Crippen molar-refractivity contribution in [2.24, 2.45) is 7.05 Å². The van der Waals surface area contributed by atoms with E-state index >= 15 is 0 Å². The van der Waals surface area contributed by atoms with E-state index in [-0.39, 0.29) is 11.4 Å². The van der Waals surface area contributed by atoms with Crippen LogP contribution in [0.3, 0.4) is 0 Å². The lowest BCUT2D eigenvalue weighted by Crippen LogP contribution is -2.12. The third-order valence-electron chi connectivity index (χ3n) is 3.44. The van der Waals surface area contributed by atoms with Gasteiger partial charge in [0.2, 0.25) is 0 Å². The van der Waals surface area contributed by atoms with Crippen LogP contribution in [0.25, 0.3) is 22.4 Å². The summed E-state index contributed by atoms with van der Waals surface area (Å²) in [6.07, 6.45) is 1.67. The van der Waals surface area contributed by atoms with E-state index in [0.717, 1.165) is 18.5 Å². The zero-order chi connectivity index (χ0) is 15.9. The fourth-order valence-electron chi connectivity index (χ4n) is 2.43. The minimum absolute atomic E-state index is 0.252. The number of hydrogen-bond donors (Lipinski definition) is 1. The normalized spacial score (nSPS) is 11.3. The molecule has 0 aliphatic heterocycles. The van der Waals surface area contributed by atoms with Crippen LogP contribution in [0.5, 0.6) is 0 Å². The Balaban J connectivity index is 2.25. The van der Waals surface area contributed by atoms with Gasteiger partial charge < -0.3 is 4.98 Å². The van der Waals surface area contributed by atoms with Crippen molar-refractivity contribution >= 4 is 27.0 Å². The first-order valence-electron chi connectivity index (χ1n) is 6.92. The van der Waals surface area contributed by atoms with E-state index in [2.05, 4.69) is 31.0 Å². The number of benzene rings is 1. The molecule has 0 atom stereocenters. The Kier molecular flexibility index (Phi) is 3.82. The molecule has 0 radical (unpaired) electrons. The standard InChI is InChI=1S/C15H14BrFN4O/c1-3-4-11-12-13(21(2)20-11)15(22)19-14(18-12)8-5-6-10(17)9(16)7-8/h5-7H,3-4H2,1-2H3,(H,18,19,22). The summed E-state index contributed by atoms with van der Waals surface area (Å²) in [5.41, 5.74) is 2.24. The fourth-order valence-corrected chi connectivity index (χ4v) is 2.81. The van der Waals surface area contributed by atoms with Crippen molar-refractivity contribution in [2.45, 2.75) is 19.8 Å². The maximum atomic E-state index is 13.4. The van der Waals surface area contributed by atoms with Gasteiger partial charge in [0, 0.05) is 12.6 Å². The molecule has 7 heteroatoms. The summed E-state index contributed by atoms with van der Waals surface area (Å²) in [5, 5.41) is 4.37. The zero-order valence-electron chi connectivity index (χ0n) is 12.2. The second-order valence-electron chi connectivity index (χ2n) is 5.06. The van der Waals surface area contributed by atoms with Crippen LogP contribution in [0.4, 0.5) is 4.39 Å². The van der Waals surface area contributed by atoms with Gasteiger partial charge in [-0.15, -0.1) is 0 Å². The summed E-state index contributed by atoms with van der Waals surface area (Å²) in [6.45, 7) is 2.05. The third-order valence-corrected chi connectivity index (χ3v) is 4.05. The first-order chi connectivity index (χ1) is 10.5. The number of rotatable bonds is 3. The van der Waals surface area contributed by atoms with E-state index in [9.17, 15) is 9.18 Å². The lowest BCUT2D eigenvalue weighted by molar-refractivity contribution is 0.621. The van der Waals surface area contributed by atoms with Gasteiger partial charge in [0.25, 0.3) is 5.56 Å². The van der Waals surface area contributed by atoms with Gasteiger partial charge in [0.05, 0.1) is 10.2 Å². The number of nitrogens with zero attached hydrogens (tertiary/aromatic N) is 3. The monoisotopic (exact) mass is 364 g/mol. The molecule has 0 spiro atoms. The molecule has 0 bridgehead atoms. The highest BCUT2D eigenvalue weighted by atomic mass is 79.9. The van der Waals surface area contributed by atoms with Gasteiger partial charge in [-0.1, -0.05) is 13.3 Å². The van der Waals surface area contributed by atoms with Gasteiger partial charge >= 0.3 is 0 Å². The van der Waals surface area contributed by atoms with Gasteiger partial charge in [-0.2, -0.15) is 5.10 Å². The van der Waals surface area contributed by atoms with Crippen LogP contribution in [-0.4, -0.2) is 19.7 Å². The molecule has 0 aliphatic rings. The Hall–Kier alpha value is -2.02. The van der Waals surface area contributed by atoms with Crippen LogP contribution in [0, 0.1) is 5.82 Å². The van der Waals surface area contributed by atoms with Gasteiger partial charge in [-0.25, -0.2) is 9.37 Å². The average Bonchev–Trinajstić information content (AvgIpc) is 2.79. The molecule has 2 heterocycles. The van der Waals surface area contributed by atoms with Crippen LogP contribution in [0.1, 0.15) is 19.0 Å². The molecule has 0 saturated carbocycles. The maximum Gasteiger partial charge on any atom is 0.277 e. The molecule has 0 aliphatic carbocycles. The van der Waals surface area contributed by atoms with Crippen molar-refractivity contribution in [3.8, 4) is 11.4 Å². The largest absolute Gasteiger partial charge is 0.305 e. The number of halogens is 2. The fraction of sp³-hybridized carbons (Fsp3) is 0.267. The average molecular weight is 365 g/mol. The number of H-pyrrole nitrogens is 1. The van der Waals surface area contributed by atoms with Crippen molar-refractivity contribution in [2.75, 3.05) is 0 Å². The number of nitrogens with one attached hydrogen (secondary N) is 1. The maximum absolute atomic E-state index is 13.4. The number of fused-ring (bicyclic) bond motifs is 1. The Bertz CT molecular complexity index is 916. The number of aryl methyl sites for hydroxylation is 2. The molecule has 0 unspecified atom stereocenters. The molecule has 0 fully saturated rings. The molecule has 3 rings (SSSR count). The van der Waals surface area contributed by atoms with Gasteiger partial charge in [0.15, 0.2) is 5.52 Å². The first-order valence-corrected chi connectivity index (χ1v) is 7.72. The predicted octanol–water partition coefficient (Wildman–Crippen LogP) is 3.18. The SMILES string of the molecule is CCCc1nn(C)c2c(=O)[nH]c(-c3ccc(F)c(Br)c3)nc12. The van der Waals surface area contributed by atoms with E-state index in [1.165, 1.54) is 6.07 Å². The van der Waals surface area contributed by atoms with Crippen molar-refractivity contribution < 1.29 is 4.39 Å². The van der Waals surface area contributed by atoms with E-state index in [1.54, 1.807) is 23.9 Å². The first kappa shape index (κ1) is 14.9. The molecule has 22 heavy (non-hydrogen) atoms. The molecule has 1 aromatic carbocycles. The third kappa shape index (κ3) is 2.45. The Morgan fingerprint density at radius 3 is 2.86 bits per heavy atom. The van der Waals surface area contributed by atoms with E-state index < -0.39 is 0 Å². The minimum atomic E-state index is -0.361. The second kappa shape index (κ2) is 5.64. The van der Waals surface area contributed by atoms with Crippen LogP contribution in [0.15, 0.2) is 27.5 Å².